The molecule has 4 nitrogen and oxygen atoms in total. The van der Waals surface area contributed by atoms with Crippen LogP contribution in [0.2, 0.25) is 0 Å². The maximum Gasteiger partial charge on any atom is 0.140 e. The zero-order valence-electron chi connectivity index (χ0n) is 11.3. The van der Waals surface area contributed by atoms with Gasteiger partial charge in [-0.05, 0) is 34.7 Å². The fraction of sp³-hybridized carbons (Fsp3) is 0.357. The molecule has 0 amide bonds. The standard InChI is InChI=1S/C14H17IN4/c1-14(2,3)12-11(15)13(16)19-10(18-12)8-9-6-4-5-7-17-9/h4-7H,8H2,1-3H3,(H2,16,18,19). The first-order valence-corrected chi connectivity index (χ1v) is 7.18. The second-order valence-electron chi connectivity index (χ2n) is 5.44. The fourth-order valence-corrected chi connectivity index (χ4v) is 2.80. The molecule has 0 saturated heterocycles. The number of nitrogens with two attached hydrogens (primary N) is 1. The second kappa shape index (κ2) is 5.40. The molecule has 0 bridgehead atoms. The molecule has 0 atom stereocenters. The Morgan fingerprint density at radius 1 is 1.21 bits per heavy atom. The highest BCUT2D eigenvalue weighted by molar-refractivity contribution is 14.1. The minimum Gasteiger partial charge on any atom is -0.383 e. The average Bonchev–Trinajstić information content (AvgIpc) is 2.33. The Labute approximate surface area is 127 Å². The van der Waals surface area contributed by atoms with E-state index in [9.17, 15) is 0 Å². The van der Waals surface area contributed by atoms with Gasteiger partial charge in [0, 0.05) is 17.3 Å². The van der Waals surface area contributed by atoms with Crippen LogP contribution in [0.25, 0.3) is 0 Å². The van der Waals surface area contributed by atoms with Crippen molar-refractivity contribution in [1.82, 2.24) is 15.0 Å². The molecule has 0 aliphatic carbocycles. The second-order valence-corrected chi connectivity index (χ2v) is 6.51. The van der Waals surface area contributed by atoms with Crippen molar-refractivity contribution in [2.45, 2.75) is 32.6 Å². The zero-order valence-corrected chi connectivity index (χ0v) is 13.5. The van der Waals surface area contributed by atoms with Gasteiger partial charge in [0.1, 0.15) is 11.6 Å². The van der Waals surface area contributed by atoms with Gasteiger partial charge < -0.3 is 5.73 Å². The van der Waals surface area contributed by atoms with Crippen LogP contribution in [0.1, 0.15) is 38.0 Å². The van der Waals surface area contributed by atoms with E-state index in [2.05, 4.69) is 58.3 Å². The quantitative estimate of drug-likeness (QED) is 0.828. The summed E-state index contributed by atoms with van der Waals surface area (Å²) in [4.78, 5) is 13.3. The van der Waals surface area contributed by atoms with Crippen molar-refractivity contribution >= 4 is 28.4 Å². The monoisotopic (exact) mass is 368 g/mol. The summed E-state index contributed by atoms with van der Waals surface area (Å²) in [7, 11) is 0. The molecule has 2 heterocycles. The molecule has 2 aromatic heterocycles. The highest BCUT2D eigenvalue weighted by Crippen LogP contribution is 2.28. The summed E-state index contributed by atoms with van der Waals surface area (Å²) in [5.41, 5.74) is 7.88. The van der Waals surface area contributed by atoms with Crippen molar-refractivity contribution < 1.29 is 0 Å². The third-order valence-corrected chi connectivity index (χ3v) is 3.76. The molecular formula is C14H17IN4. The number of nitrogens with zero attached hydrogens (tertiary/aromatic N) is 3. The molecule has 2 N–H and O–H groups in total. The van der Waals surface area contributed by atoms with Crippen LogP contribution in [-0.2, 0) is 11.8 Å². The van der Waals surface area contributed by atoms with Gasteiger partial charge in [0.25, 0.3) is 0 Å². The Morgan fingerprint density at radius 3 is 2.53 bits per heavy atom. The first kappa shape index (κ1) is 14.2. The molecule has 19 heavy (non-hydrogen) atoms. The molecule has 2 rings (SSSR count). The summed E-state index contributed by atoms with van der Waals surface area (Å²) in [6.07, 6.45) is 2.38. The van der Waals surface area contributed by atoms with Crippen molar-refractivity contribution in [1.29, 1.82) is 0 Å². The predicted molar refractivity (Wildman–Crippen MR) is 84.9 cm³/mol. The largest absolute Gasteiger partial charge is 0.383 e. The van der Waals surface area contributed by atoms with E-state index in [1.54, 1.807) is 6.20 Å². The van der Waals surface area contributed by atoms with E-state index in [-0.39, 0.29) is 5.41 Å². The van der Waals surface area contributed by atoms with Crippen LogP contribution >= 0.6 is 22.6 Å². The topological polar surface area (TPSA) is 64.7 Å². The first-order valence-electron chi connectivity index (χ1n) is 6.10. The minimum atomic E-state index is -0.0492. The highest BCUT2D eigenvalue weighted by Gasteiger charge is 2.22. The van der Waals surface area contributed by atoms with Crippen molar-refractivity contribution in [2.75, 3.05) is 5.73 Å². The van der Waals surface area contributed by atoms with Gasteiger partial charge >= 0.3 is 0 Å². The van der Waals surface area contributed by atoms with Gasteiger partial charge in [-0.2, -0.15) is 0 Å². The molecule has 100 valence electrons. The van der Waals surface area contributed by atoms with Crippen molar-refractivity contribution in [2.24, 2.45) is 0 Å². The number of hydrogen-bond donors (Lipinski definition) is 1. The maximum absolute atomic E-state index is 5.99. The van der Waals surface area contributed by atoms with E-state index in [4.69, 9.17) is 5.73 Å². The molecular weight excluding hydrogens is 351 g/mol. The molecule has 2 aromatic rings. The van der Waals surface area contributed by atoms with E-state index in [0.717, 1.165) is 20.8 Å². The zero-order chi connectivity index (χ0) is 14.0. The first-order chi connectivity index (χ1) is 8.88. The van der Waals surface area contributed by atoms with Gasteiger partial charge in [-0.3, -0.25) is 4.98 Å². The summed E-state index contributed by atoms with van der Waals surface area (Å²) in [6.45, 7) is 6.38. The van der Waals surface area contributed by atoms with Crippen molar-refractivity contribution in [3.8, 4) is 0 Å². The van der Waals surface area contributed by atoms with E-state index < -0.39 is 0 Å². The number of anilines is 1. The molecule has 0 aromatic carbocycles. The SMILES string of the molecule is CC(C)(C)c1nc(Cc2ccccn2)nc(N)c1I. The summed E-state index contributed by atoms with van der Waals surface area (Å²) >= 11 is 2.21. The number of nitrogen functional groups attached to an aromatic ring is 1. The highest BCUT2D eigenvalue weighted by atomic mass is 127. The van der Waals surface area contributed by atoms with Crippen molar-refractivity contribution in [3.05, 3.63) is 45.2 Å². The summed E-state index contributed by atoms with van der Waals surface area (Å²) in [5.74, 6) is 1.27. The van der Waals surface area contributed by atoms with Gasteiger partial charge in [0.15, 0.2) is 0 Å². The third kappa shape index (κ3) is 3.40. The molecule has 0 fully saturated rings. The van der Waals surface area contributed by atoms with Crippen LogP contribution in [0.5, 0.6) is 0 Å². The van der Waals surface area contributed by atoms with Gasteiger partial charge in [-0.25, -0.2) is 9.97 Å². The average molecular weight is 368 g/mol. The molecule has 0 aliphatic rings. The smallest absolute Gasteiger partial charge is 0.140 e. The van der Waals surface area contributed by atoms with E-state index in [0.29, 0.717) is 12.2 Å². The molecule has 0 unspecified atom stereocenters. The fourth-order valence-electron chi connectivity index (χ4n) is 1.75. The lowest BCUT2D eigenvalue weighted by Gasteiger charge is -2.20. The summed E-state index contributed by atoms with van der Waals surface area (Å²) in [6, 6.07) is 5.82. The number of hydrogen-bond acceptors (Lipinski definition) is 4. The van der Waals surface area contributed by atoms with Gasteiger partial charge in [0.2, 0.25) is 0 Å². The van der Waals surface area contributed by atoms with Gasteiger partial charge in [-0.15, -0.1) is 0 Å². The molecule has 0 aliphatic heterocycles. The Morgan fingerprint density at radius 2 is 1.95 bits per heavy atom. The number of pyridine rings is 1. The van der Waals surface area contributed by atoms with E-state index >= 15 is 0 Å². The number of halogens is 1. The lowest BCUT2D eigenvalue weighted by Crippen LogP contribution is -2.19. The Bertz CT molecular complexity index is 576. The number of aromatic nitrogens is 3. The Kier molecular flexibility index (Phi) is 4.03. The van der Waals surface area contributed by atoms with Crippen LogP contribution in [-0.4, -0.2) is 15.0 Å². The molecule has 0 saturated carbocycles. The Hall–Kier alpha value is -1.24. The lowest BCUT2D eigenvalue weighted by molar-refractivity contribution is 0.559. The summed E-state index contributed by atoms with van der Waals surface area (Å²) < 4.78 is 0.940. The van der Waals surface area contributed by atoms with Gasteiger partial charge in [-0.1, -0.05) is 26.8 Å². The van der Waals surface area contributed by atoms with Crippen LogP contribution in [0.3, 0.4) is 0 Å². The lowest BCUT2D eigenvalue weighted by atomic mass is 9.92. The Balaban J connectivity index is 2.40. The van der Waals surface area contributed by atoms with Crippen LogP contribution < -0.4 is 5.73 Å². The normalized spacial score (nSPS) is 11.6. The van der Waals surface area contributed by atoms with Gasteiger partial charge in [0.05, 0.1) is 15.7 Å². The maximum atomic E-state index is 5.99. The van der Waals surface area contributed by atoms with Crippen LogP contribution in [0, 0.1) is 3.57 Å². The van der Waals surface area contributed by atoms with Crippen LogP contribution in [0.15, 0.2) is 24.4 Å². The molecule has 0 radical (unpaired) electrons. The molecule has 0 spiro atoms. The van der Waals surface area contributed by atoms with E-state index in [1.807, 2.05) is 18.2 Å². The van der Waals surface area contributed by atoms with Crippen LogP contribution in [0.4, 0.5) is 5.82 Å². The predicted octanol–water partition coefficient (Wildman–Crippen LogP) is 2.95. The third-order valence-electron chi connectivity index (χ3n) is 2.70. The molecule has 5 heteroatoms. The summed E-state index contributed by atoms with van der Waals surface area (Å²) in [5, 5.41) is 0. The van der Waals surface area contributed by atoms with Crippen molar-refractivity contribution in [3.63, 3.8) is 0 Å². The van der Waals surface area contributed by atoms with E-state index in [1.165, 1.54) is 0 Å². The number of rotatable bonds is 2. The minimum absolute atomic E-state index is 0.0492.